The Hall–Kier alpha value is -3.40. The van der Waals surface area contributed by atoms with E-state index in [9.17, 15) is 9.90 Å². The Morgan fingerprint density at radius 2 is 1.88 bits per heavy atom. The first-order chi connectivity index (χ1) is 11.7. The predicted molar refractivity (Wildman–Crippen MR) is 94.3 cm³/mol. The molecule has 4 heteroatoms. The zero-order chi connectivity index (χ0) is 16.5. The molecule has 1 aromatic heterocycles. The van der Waals surface area contributed by atoms with E-state index < -0.39 is 0 Å². The average molecular weight is 314 g/mol. The Labute approximate surface area is 139 Å². The fraction of sp³-hybridized carbons (Fsp3) is 0. The van der Waals surface area contributed by atoms with Gasteiger partial charge in [-0.1, -0.05) is 36.4 Å². The third kappa shape index (κ3) is 2.44. The fourth-order valence-corrected chi connectivity index (χ4v) is 2.82. The number of fused-ring (bicyclic) bond motifs is 1. The van der Waals surface area contributed by atoms with Gasteiger partial charge in [-0.15, -0.1) is 0 Å². The summed E-state index contributed by atoms with van der Waals surface area (Å²) in [6, 6.07) is 16.6. The molecule has 116 valence electrons. The zero-order valence-electron chi connectivity index (χ0n) is 12.7. The van der Waals surface area contributed by atoms with Crippen molar-refractivity contribution < 1.29 is 9.90 Å². The van der Waals surface area contributed by atoms with Crippen molar-refractivity contribution in [2.45, 2.75) is 0 Å². The summed E-state index contributed by atoms with van der Waals surface area (Å²) >= 11 is 0. The molecule has 0 saturated carbocycles. The topological polar surface area (TPSA) is 62.2 Å². The zero-order valence-corrected chi connectivity index (χ0v) is 12.7. The van der Waals surface area contributed by atoms with Gasteiger partial charge in [-0.3, -0.25) is 9.78 Å². The summed E-state index contributed by atoms with van der Waals surface area (Å²) in [5.74, 6) is -0.0187. The first-order valence-corrected chi connectivity index (χ1v) is 7.58. The number of aromatic nitrogens is 1. The molecule has 2 aromatic carbocycles. The Morgan fingerprint density at radius 1 is 1.00 bits per heavy atom. The standard InChI is InChI=1S/C20H14N2O2/c23-19-6-2-1-4-14(19)10-17-16-8-7-13(11-18(16)22-20(17)24)15-5-3-9-21-12-15/h1-12,23H,(H,22,24). The molecule has 2 heterocycles. The van der Waals surface area contributed by atoms with Gasteiger partial charge in [0, 0.05) is 40.3 Å². The normalized spacial score (nSPS) is 14.5. The molecular weight excluding hydrogens is 300 g/mol. The first-order valence-electron chi connectivity index (χ1n) is 7.58. The Balaban J connectivity index is 1.78. The molecule has 0 bridgehead atoms. The van der Waals surface area contributed by atoms with E-state index >= 15 is 0 Å². The second kappa shape index (κ2) is 5.66. The lowest BCUT2D eigenvalue weighted by Gasteiger charge is -2.04. The van der Waals surface area contributed by atoms with Crippen molar-refractivity contribution in [2.75, 3.05) is 5.32 Å². The van der Waals surface area contributed by atoms with Gasteiger partial charge in [-0.2, -0.15) is 0 Å². The van der Waals surface area contributed by atoms with E-state index in [1.807, 2.05) is 36.4 Å². The van der Waals surface area contributed by atoms with Gasteiger partial charge >= 0.3 is 0 Å². The van der Waals surface area contributed by atoms with Crippen LogP contribution in [-0.2, 0) is 4.79 Å². The summed E-state index contributed by atoms with van der Waals surface area (Å²) < 4.78 is 0. The van der Waals surface area contributed by atoms with Crippen LogP contribution < -0.4 is 5.32 Å². The van der Waals surface area contributed by atoms with Crippen molar-refractivity contribution in [3.05, 3.63) is 78.1 Å². The highest BCUT2D eigenvalue weighted by molar-refractivity contribution is 6.35. The van der Waals surface area contributed by atoms with Gasteiger partial charge in [-0.25, -0.2) is 0 Å². The number of anilines is 1. The molecule has 4 nitrogen and oxygen atoms in total. The van der Waals surface area contributed by atoms with Crippen LogP contribution in [0.3, 0.4) is 0 Å². The summed E-state index contributed by atoms with van der Waals surface area (Å²) in [7, 11) is 0. The second-order valence-electron chi connectivity index (χ2n) is 5.57. The van der Waals surface area contributed by atoms with E-state index in [0.717, 1.165) is 22.4 Å². The summed E-state index contributed by atoms with van der Waals surface area (Å²) in [4.78, 5) is 16.4. The first kappa shape index (κ1) is 14.2. The molecule has 0 unspecified atom stereocenters. The maximum absolute atomic E-state index is 12.3. The maximum Gasteiger partial charge on any atom is 0.256 e. The van der Waals surface area contributed by atoms with Crippen molar-refractivity contribution in [3.63, 3.8) is 0 Å². The van der Waals surface area contributed by atoms with Crippen molar-refractivity contribution in [3.8, 4) is 16.9 Å². The summed E-state index contributed by atoms with van der Waals surface area (Å²) in [6.45, 7) is 0. The maximum atomic E-state index is 12.3. The van der Waals surface area contributed by atoms with Crippen LogP contribution in [-0.4, -0.2) is 16.0 Å². The Kier molecular flexibility index (Phi) is 3.35. The van der Waals surface area contributed by atoms with Crippen LogP contribution in [0.4, 0.5) is 5.69 Å². The number of hydrogen-bond acceptors (Lipinski definition) is 3. The van der Waals surface area contributed by atoms with Gasteiger partial charge in [-0.05, 0) is 29.8 Å². The SMILES string of the molecule is O=C1Nc2cc(-c3cccnc3)ccc2C1=Cc1ccccc1O. The number of nitrogens with zero attached hydrogens (tertiary/aromatic N) is 1. The summed E-state index contributed by atoms with van der Waals surface area (Å²) in [6.07, 6.45) is 5.23. The molecule has 2 N–H and O–H groups in total. The lowest BCUT2D eigenvalue weighted by atomic mass is 10.00. The van der Waals surface area contributed by atoms with Crippen LogP contribution in [0.15, 0.2) is 67.0 Å². The number of carbonyl (C=O) groups is 1. The minimum atomic E-state index is -0.170. The molecule has 3 aromatic rings. The molecule has 0 atom stereocenters. The number of phenolic OH excluding ortho intramolecular Hbond substituents is 1. The van der Waals surface area contributed by atoms with E-state index in [-0.39, 0.29) is 11.7 Å². The van der Waals surface area contributed by atoms with Crippen LogP contribution in [0.1, 0.15) is 11.1 Å². The van der Waals surface area contributed by atoms with Gasteiger partial charge in [0.15, 0.2) is 0 Å². The third-order valence-electron chi connectivity index (χ3n) is 4.03. The molecule has 0 radical (unpaired) electrons. The Bertz CT molecular complexity index is 962. The van der Waals surface area contributed by atoms with Crippen LogP contribution in [0.2, 0.25) is 0 Å². The van der Waals surface area contributed by atoms with Crippen LogP contribution in [0.5, 0.6) is 5.75 Å². The fourth-order valence-electron chi connectivity index (χ4n) is 2.82. The molecule has 0 spiro atoms. The number of para-hydroxylation sites is 1. The number of nitrogens with one attached hydrogen (secondary N) is 1. The molecular formula is C20H14N2O2. The lowest BCUT2D eigenvalue weighted by Crippen LogP contribution is -2.03. The van der Waals surface area contributed by atoms with E-state index in [2.05, 4.69) is 10.3 Å². The van der Waals surface area contributed by atoms with E-state index in [1.54, 1.807) is 36.7 Å². The molecule has 0 aliphatic carbocycles. The van der Waals surface area contributed by atoms with Crippen molar-refractivity contribution in [1.82, 2.24) is 4.98 Å². The highest BCUT2D eigenvalue weighted by Gasteiger charge is 2.24. The van der Waals surface area contributed by atoms with E-state index in [0.29, 0.717) is 11.1 Å². The number of phenols is 1. The summed E-state index contributed by atoms with van der Waals surface area (Å²) in [5, 5.41) is 12.8. The number of carbonyl (C=O) groups excluding carboxylic acids is 1. The van der Waals surface area contributed by atoms with Gasteiger partial charge in [0.25, 0.3) is 5.91 Å². The highest BCUT2D eigenvalue weighted by atomic mass is 16.3. The summed E-state index contributed by atoms with van der Waals surface area (Å²) in [5.41, 5.74) is 4.74. The molecule has 4 rings (SSSR count). The van der Waals surface area contributed by atoms with Crippen molar-refractivity contribution in [1.29, 1.82) is 0 Å². The monoisotopic (exact) mass is 314 g/mol. The number of pyridine rings is 1. The average Bonchev–Trinajstić information content (AvgIpc) is 2.92. The lowest BCUT2D eigenvalue weighted by molar-refractivity contribution is -0.110. The molecule has 0 saturated heterocycles. The molecule has 1 amide bonds. The Morgan fingerprint density at radius 3 is 2.67 bits per heavy atom. The van der Waals surface area contributed by atoms with Crippen molar-refractivity contribution in [2.24, 2.45) is 0 Å². The number of hydrogen-bond donors (Lipinski definition) is 2. The van der Waals surface area contributed by atoms with Gasteiger partial charge in [0.2, 0.25) is 0 Å². The molecule has 1 aliphatic heterocycles. The number of benzene rings is 2. The highest BCUT2D eigenvalue weighted by Crippen LogP contribution is 2.36. The molecule has 24 heavy (non-hydrogen) atoms. The van der Waals surface area contributed by atoms with Crippen LogP contribution >= 0.6 is 0 Å². The quantitative estimate of drug-likeness (QED) is 0.704. The van der Waals surface area contributed by atoms with E-state index in [4.69, 9.17) is 0 Å². The minimum absolute atomic E-state index is 0.151. The minimum Gasteiger partial charge on any atom is -0.507 e. The van der Waals surface area contributed by atoms with Crippen LogP contribution in [0, 0.1) is 0 Å². The van der Waals surface area contributed by atoms with Crippen LogP contribution in [0.25, 0.3) is 22.8 Å². The number of rotatable bonds is 2. The van der Waals surface area contributed by atoms with Gasteiger partial charge in [0.1, 0.15) is 5.75 Å². The number of amides is 1. The number of aromatic hydroxyl groups is 1. The molecule has 1 aliphatic rings. The predicted octanol–water partition coefficient (Wildman–Crippen LogP) is 3.95. The smallest absolute Gasteiger partial charge is 0.256 e. The van der Waals surface area contributed by atoms with Crippen molar-refractivity contribution >= 4 is 23.2 Å². The largest absolute Gasteiger partial charge is 0.507 e. The third-order valence-corrected chi connectivity index (χ3v) is 4.03. The van der Waals surface area contributed by atoms with E-state index in [1.165, 1.54) is 0 Å². The van der Waals surface area contributed by atoms with Gasteiger partial charge in [0.05, 0.1) is 0 Å². The second-order valence-corrected chi connectivity index (χ2v) is 5.57. The molecule has 0 fully saturated rings. The van der Waals surface area contributed by atoms with Gasteiger partial charge < -0.3 is 10.4 Å².